The second-order valence-electron chi connectivity index (χ2n) is 3.91. The first-order valence-electron chi connectivity index (χ1n) is 5.55. The number of nitrogens with one attached hydrogen (secondary N) is 1. The van der Waals surface area contributed by atoms with Crippen molar-refractivity contribution in [3.8, 4) is 6.07 Å². The van der Waals surface area contributed by atoms with Crippen molar-refractivity contribution in [2.24, 2.45) is 0 Å². The predicted molar refractivity (Wildman–Crippen MR) is 72.1 cm³/mol. The van der Waals surface area contributed by atoms with Crippen LogP contribution in [0, 0.1) is 11.3 Å². The van der Waals surface area contributed by atoms with E-state index >= 15 is 0 Å². The average Bonchev–Trinajstić information content (AvgIpc) is 2.86. The van der Waals surface area contributed by atoms with E-state index < -0.39 is 0 Å². The molecule has 0 fully saturated rings. The van der Waals surface area contributed by atoms with E-state index in [0.29, 0.717) is 12.5 Å². The fraction of sp³-hybridized carbons (Fsp3) is 0.214. The van der Waals surface area contributed by atoms with Crippen molar-refractivity contribution in [1.29, 1.82) is 5.26 Å². The molecule has 1 aromatic heterocycles. The maximum Gasteiger partial charge on any atom is 0.0669 e. The number of benzene rings is 1. The molecule has 86 valence electrons. The van der Waals surface area contributed by atoms with Crippen molar-refractivity contribution in [3.63, 3.8) is 0 Å². The van der Waals surface area contributed by atoms with E-state index in [1.165, 1.54) is 4.88 Å². The van der Waals surface area contributed by atoms with Crippen LogP contribution in [0.5, 0.6) is 0 Å². The zero-order valence-corrected chi connectivity index (χ0v) is 10.5. The number of rotatable bonds is 4. The van der Waals surface area contributed by atoms with Gasteiger partial charge in [0.2, 0.25) is 0 Å². The smallest absolute Gasteiger partial charge is 0.0669 e. The van der Waals surface area contributed by atoms with Gasteiger partial charge in [0.25, 0.3) is 0 Å². The van der Waals surface area contributed by atoms with Crippen molar-refractivity contribution in [3.05, 3.63) is 52.2 Å². The number of thiophene rings is 1. The molecule has 1 heterocycles. The van der Waals surface area contributed by atoms with Gasteiger partial charge in [-0.3, -0.25) is 0 Å². The van der Waals surface area contributed by atoms with E-state index in [9.17, 15) is 0 Å². The molecule has 0 aliphatic rings. The van der Waals surface area contributed by atoms with E-state index in [-0.39, 0.29) is 0 Å². The van der Waals surface area contributed by atoms with Gasteiger partial charge in [0.15, 0.2) is 0 Å². The molecule has 1 aromatic carbocycles. The summed E-state index contributed by atoms with van der Waals surface area (Å²) in [5, 5.41) is 14.1. The van der Waals surface area contributed by atoms with E-state index in [1.54, 1.807) is 11.3 Å². The van der Waals surface area contributed by atoms with Gasteiger partial charge in [-0.25, -0.2) is 0 Å². The summed E-state index contributed by atoms with van der Waals surface area (Å²) in [7, 11) is 0. The molecule has 1 unspecified atom stereocenters. The molecular weight excluding hydrogens is 228 g/mol. The fourth-order valence-electron chi connectivity index (χ4n) is 1.67. The van der Waals surface area contributed by atoms with E-state index in [4.69, 9.17) is 5.26 Å². The first-order valence-corrected chi connectivity index (χ1v) is 6.43. The van der Waals surface area contributed by atoms with Gasteiger partial charge in [-0.15, -0.1) is 11.3 Å². The normalized spacial score (nSPS) is 11.8. The summed E-state index contributed by atoms with van der Waals surface area (Å²) >= 11 is 1.76. The topological polar surface area (TPSA) is 35.8 Å². The molecule has 0 radical (unpaired) electrons. The van der Waals surface area contributed by atoms with Crippen LogP contribution in [0.4, 0.5) is 5.69 Å². The summed E-state index contributed by atoms with van der Waals surface area (Å²) in [4.78, 5) is 1.33. The Balaban J connectivity index is 2.02. The van der Waals surface area contributed by atoms with Gasteiger partial charge >= 0.3 is 0 Å². The molecule has 1 N–H and O–H groups in total. The third-order valence-corrected chi connectivity index (χ3v) is 3.65. The van der Waals surface area contributed by atoms with Crippen LogP contribution in [0.3, 0.4) is 0 Å². The fourth-order valence-corrected chi connectivity index (χ4v) is 2.40. The molecule has 0 bridgehead atoms. The van der Waals surface area contributed by atoms with Gasteiger partial charge in [0.1, 0.15) is 0 Å². The van der Waals surface area contributed by atoms with Crippen LogP contribution < -0.4 is 5.32 Å². The Morgan fingerprint density at radius 1 is 1.29 bits per heavy atom. The van der Waals surface area contributed by atoms with Crippen LogP contribution in [0.1, 0.15) is 23.4 Å². The van der Waals surface area contributed by atoms with Crippen LogP contribution in [0.2, 0.25) is 0 Å². The Labute approximate surface area is 106 Å². The molecular formula is C14H14N2S. The zero-order valence-electron chi connectivity index (χ0n) is 9.68. The lowest BCUT2D eigenvalue weighted by molar-refractivity contribution is 0.908. The highest BCUT2D eigenvalue weighted by Crippen LogP contribution is 2.23. The van der Waals surface area contributed by atoms with Gasteiger partial charge in [-0.1, -0.05) is 18.2 Å². The molecule has 0 aliphatic heterocycles. The van der Waals surface area contributed by atoms with Crippen LogP contribution >= 0.6 is 11.3 Å². The van der Waals surface area contributed by atoms with Crippen LogP contribution in [-0.4, -0.2) is 0 Å². The van der Waals surface area contributed by atoms with Gasteiger partial charge in [0.05, 0.1) is 18.5 Å². The number of anilines is 1. The summed E-state index contributed by atoms with van der Waals surface area (Å²) < 4.78 is 0. The minimum Gasteiger partial charge on any atom is -0.378 e. The Morgan fingerprint density at radius 3 is 2.65 bits per heavy atom. The molecule has 1 atom stereocenters. The maximum absolute atomic E-state index is 8.60. The van der Waals surface area contributed by atoms with Crippen LogP contribution in [0.25, 0.3) is 0 Å². The SMILES string of the molecule is CC(Nc1ccc(CC#N)cc1)c1cccs1. The highest BCUT2D eigenvalue weighted by atomic mass is 32.1. The molecule has 2 aromatic rings. The zero-order chi connectivity index (χ0) is 12.1. The van der Waals surface area contributed by atoms with E-state index in [0.717, 1.165) is 11.3 Å². The molecule has 2 rings (SSSR count). The molecule has 17 heavy (non-hydrogen) atoms. The molecule has 0 saturated carbocycles. The maximum atomic E-state index is 8.60. The van der Waals surface area contributed by atoms with Gasteiger partial charge < -0.3 is 5.32 Å². The summed E-state index contributed by atoms with van der Waals surface area (Å²) in [6.07, 6.45) is 0.473. The second kappa shape index (κ2) is 5.51. The first-order chi connectivity index (χ1) is 8.29. The summed E-state index contributed by atoms with van der Waals surface area (Å²) in [6, 6.07) is 14.7. The molecule has 0 amide bonds. The third kappa shape index (κ3) is 3.08. The standard InChI is InChI=1S/C14H14N2S/c1-11(14-3-2-10-17-14)16-13-6-4-12(5-7-13)8-9-15/h2-7,10-11,16H,8H2,1H3. The summed E-state index contributed by atoms with van der Waals surface area (Å²) in [5.74, 6) is 0. The highest BCUT2D eigenvalue weighted by Gasteiger charge is 2.05. The van der Waals surface area contributed by atoms with Crippen molar-refractivity contribution >= 4 is 17.0 Å². The van der Waals surface area contributed by atoms with E-state index in [2.05, 4.69) is 35.8 Å². The number of nitrogens with zero attached hydrogens (tertiary/aromatic N) is 1. The molecule has 2 nitrogen and oxygen atoms in total. The predicted octanol–water partition coefficient (Wildman–Crippen LogP) is 3.99. The Morgan fingerprint density at radius 2 is 2.06 bits per heavy atom. The first kappa shape index (κ1) is 11.7. The molecule has 0 saturated heterocycles. The lowest BCUT2D eigenvalue weighted by Crippen LogP contribution is -2.04. The molecule has 0 aliphatic carbocycles. The Bertz CT molecular complexity index is 494. The average molecular weight is 242 g/mol. The highest BCUT2D eigenvalue weighted by molar-refractivity contribution is 7.10. The summed E-state index contributed by atoms with van der Waals surface area (Å²) in [6.45, 7) is 2.15. The Hall–Kier alpha value is -1.79. The summed E-state index contributed by atoms with van der Waals surface area (Å²) in [5.41, 5.74) is 2.15. The van der Waals surface area contributed by atoms with Crippen molar-refractivity contribution in [2.75, 3.05) is 5.32 Å². The minimum absolute atomic E-state index is 0.316. The second-order valence-corrected chi connectivity index (χ2v) is 4.89. The minimum atomic E-state index is 0.316. The van der Waals surface area contributed by atoms with Gasteiger partial charge in [-0.05, 0) is 36.1 Å². The quantitative estimate of drug-likeness (QED) is 0.880. The number of hydrogen-bond acceptors (Lipinski definition) is 3. The third-order valence-electron chi connectivity index (χ3n) is 2.59. The Kier molecular flexibility index (Phi) is 3.79. The van der Waals surface area contributed by atoms with Crippen molar-refractivity contribution in [1.82, 2.24) is 0 Å². The number of hydrogen-bond donors (Lipinski definition) is 1. The van der Waals surface area contributed by atoms with Crippen molar-refractivity contribution < 1.29 is 0 Å². The van der Waals surface area contributed by atoms with Crippen LogP contribution in [-0.2, 0) is 6.42 Å². The molecule has 0 spiro atoms. The molecule has 3 heteroatoms. The lowest BCUT2D eigenvalue weighted by atomic mass is 10.1. The van der Waals surface area contributed by atoms with E-state index in [1.807, 2.05) is 24.3 Å². The lowest BCUT2D eigenvalue weighted by Gasteiger charge is -2.13. The monoisotopic (exact) mass is 242 g/mol. The van der Waals surface area contributed by atoms with Gasteiger partial charge in [-0.2, -0.15) is 5.26 Å². The van der Waals surface area contributed by atoms with Gasteiger partial charge in [0, 0.05) is 10.6 Å². The van der Waals surface area contributed by atoms with Crippen LogP contribution in [0.15, 0.2) is 41.8 Å². The number of nitriles is 1. The largest absolute Gasteiger partial charge is 0.378 e. The van der Waals surface area contributed by atoms with Crippen molar-refractivity contribution in [2.45, 2.75) is 19.4 Å².